The Bertz CT molecular complexity index is 2200. The topological polar surface area (TPSA) is 66.4 Å². The zero-order chi connectivity index (χ0) is 35.4. The van der Waals surface area contributed by atoms with Crippen LogP contribution >= 0.6 is 46.4 Å². The van der Waals surface area contributed by atoms with E-state index in [1.165, 1.54) is 0 Å². The van der Waals surface area contributed by atoms with Crippen molar-refractivity contribution in [1.82, 2.24) is 19.8 Å². The fraction of sp³-hybridized carbons (Fsp3) is 0.200. The van der Waals surface area contributed by atoms with Crippen molar-refractivity contribution in [3.8, 4) is 22.5 Å². The number of hydrogen-bond donors (Lipinski definition) is 0. The molecule has 2 unspecified atom stereocenters. The van der Waals surface area contributed by atoms with Gasteiger partial charge in [0.15, 0.2) is 0 Å². The van der Waals surface area contributed by atoms with Gasteiger partial charge in [-0.2, -0.15) is 0 Å². The first kappa shape index (κ1) is 34.3. The molecule has 0 spiro atoms. The summed E-state index contributed by atoms with van der Waals surface area (Å²) in [7, 11) is 0. The molecule has 1 aliphatic rings. The van der Waals surface area contributed by atoms with Crippen LogP contribution in [0.3, 0.4) is 0 Å². The molecule has 0 aliphatic carbocycles. The van der Waals surface area contributed by atoms with Gasteiger partial charge in [0.2, 0.25) is 0 Å². The summed E-state index contributed by atoms with van der Waals surface area (Å²) in [6.07, 6.45) is 0. The summed E-state index contributed by atoms with van der Waals surface area (Å²) < 4.78 is 0. The van der Waals surface area contributed by atoms with Crippen LogP contribution in [0.1, 0.15) is 45.7 Å². The maximum absolute atomic E-state index is 14.7. The number of para-hydroxylation sites is 2. The lowest BCUT2D eigenvalue weighted by Gasteiger charge is -2.44. The monoisotopic (exact) mass is 740 g/mol. The first-order valence-electron chi connectivity index (χ1n) is 16.3. The molecule has 7 rings (SSSR count). The Kier molecular flexibility index (Phi) is 9.25. The molecule has 0 radical (unpaired) electrons. The summed E-state index contributed by atoms with van der Waals surface area (Å²) in [5.74, 6) is -0.242. The Hall–Kier alpha value is -4.20. The Morgan fingerprint density at radius 3 is 1.36 bits per heavy atom. The van der Waals surface area contributed by atoms with Crippen LogP contribution in [0.25, 0.3) is 44.3 Å². The third-order valence-corrected chi connectivity index (χ3v) is 10.7. The summed E-state index contributed by atoms with van der Waals surface area (Å²) in [5, 5.41) is 3.46. The Balaban J connectivity index is 1.26. The minimum Gasteiger partial charge on any atom is -0.332 e. The van der Waals surface area contributed by atoms with Gasteiger partial charge in [0, 0.05) is 57.1 Å². The van der Waals surface area contributed by atoms with Gasteiger partial charge in [0.1, 0.15) is 0 Å². The van der Waals surface area contributed by atoms with E-state index >= 15 is 0 Å². The van der Waals surface area contributed by atoms with Crippen LogP contribution in [-0.2, 0) is 0 Å². The number of hydrogen-bond acceptors (Lipinski definition) is 4. The molecule has 1 aliphatic heterocycles. The van der Waals surface area contributed by atoms with Crippen molar-refractivity contribution in [3.05, 3.63) is 127 Å². The molecule has 1 saturated heterocycles. The van der Waals surface area contributed by atoms with Crippen LogP contribution in [0, 0.1) is 13.8 Å². The number of fused-ring (bicyclic) bond motifs is 2. The molecule has 4 aromatic carbocycles. The highest BCUT2D eigenvalue weighted by Crippen LogP contribution is 2.38. The summed E-state index contributed by atoms with van der Waals surface area (Å²) in [4.78, 5) is 42.9. The number of aromatic nitrogens is 2. The summed E-state index contributed by atoms with van der Waals surface area (Å²) in [6, 6.07) is 25.2. The number of rotatable bonds is 4. The summed E-state index contributed by atoms with van der Waals surface area (Å²) >= 11 is 25.7. The maximum Gasteiger partial charge on any atom is 0.255 e. The van der Waals surface area contributed by atoms with E-state index in [9.17, 15) is 9.59 Å². The predicted molar refractivity (Wildman–Crippen MR) is 205 cm³/mol. The van der Waals surface area contributed by atoms with E-state index < -0.39 is 0 Å². The van der Waals surface area contributed by atoms with Crippen LogP contribution in [-0.4, -0.2) is 56.8 Å². The van der Waals surface area contributed by atoms with Gasteiger partial charge < -0.3 is 9.80 Å². The van der Waals surface area contributed by atoms with Gasteiger partial charge >= 0.3 is 0 Å². The lowest BCUT2D eigenvalue weighted by atomic mass is 9.94. The molecule has 0 N–H and O–H groups in total. The minimum atomic E-state index is -0.282. The van der Waals surface area contributed by atoms with Crippen LogP contribution < -0.4 is 0 Å². The van der Waals surface area contributed by atoms with Crippen molar-refractivity contribution in [2.75, 3.05) is 13.1 Å². The SMILES string of the molecule is Cc1c(-c2ccc(Cl)cc2Cl)nc2ccccc2c1C(=O)N1CC(C)N(C(=O)c2c(C)c(-c3ccc(Cl)cc3Cl)nc3ccccc23)CC1C. The Morgan fingerprint density at radius 1 is 0.600 bits per heavy atom. The molecule has 2 atom stereocenters. The molecule has 1 fully saturated rings. The third kappa shape index (κ3) is 5.98. The molecule has 3 heterocycles. The lowest BCUT2D eigenvalue weighted by Crippen LogP contribution is -2.59. The van der Waals surface area contributed by atoms with Gasteiger partial charge in [-0.05, 0) is 87.4 Å². The number of amides is 2. The molecule has 6 aromatic rings. The van der Waals surface area contributed by atoms with E-state index in [0.29, 0.717) is 77.9 Å². The molecule has 6 nitrogen and oxygen atoms in total. The molecule has 2 amide bonds. The van der Waals surface area contributed by atoms with Crippen molar-refractivity contribution in [1.29, 1.82) is 0 Å². The van der Waals surface area contributed by atoms with Crippen molar-refractivity contribution in [3.63, 3.8) is 0 Å². The predicted octanol–water partition coefficient (Wildman–Crippen LogP) is 10.7. The number of nitrogens with zero attached hydrogens (tertiary/aromatic N) is 4. The first-order valence-corrected chi connectivity index (χ1v) is 17.8. The van der Waals surface area contributed by atoms with Gasteiger partial charge in [-0.3, -0.25) is 9.59 Å². The van der Waals surface area contributed by atoms with E-state index in [2.05, 4.69) is 0 Å². The van der Waals surface area contributed by atoms with Crippen molar-refractivity contribution in [2.24, 2.45) is 0 Å². The van der Waals surface area contributed by atoms with Gasteiger partial charge in [-0.15, -0.1) is 0 Å². The fourth-order valence-electron chi connectivity index (χ4n) is 7.03. The van der Waals surface area contributed by atoms with Crippen molar-refractivity contribution in [2.45, 2.75) is 39.8 Å². The molecule has 252 valence electrons. The Morgan fingerprint density at radius 2 is 0.980 bits per heavy atom. The highest BCUT2D eigenvalue weighted by Gasteiger charge is 2.38. The number of carbonyl (C=O) groups is 2. The number of halogens is 4. The van der Waals surface area contributed by atoms with Crippen LogP contribution in [0.2, 0.25) is 20.1 Å². The molecular formula is C40H32Cl4N4O2. The van der Waals surface area contributed by atoms with Gasteiger partial charge in [0.25, 0.3) is 11.8 Å². The zero-order valence-corrected chi connectivity index (χ0v) is 30.8. The summed E-state index contributed by atoms with van der Waals surface area (Å²) in [6.45, 7) is 8.46. The smallest absolute Gasteiger partial charge is 0.255 e. The van der Waals surface area contributed by atoms with Crippen LogP contribution in [0.4, 0.5) is 0 Å². The van der Waals surface area contributed by atoms with E-state index in [1.807, 2.05) is 98.2 Å². The second-order valence-corrected chi connectivity index (χ2v) is 14.5. The average Bonchev–Trinajstić information content (AvgIpc) is 3.08. The third-order valence-electron chi connectivity index (χ3n) is 9.58. The molecule has 2 aromatic heterocycles. The lowest BCUT2D eigenvalue weighted by molar-refractivity contribution is 0.0271. The molecule has 0 bridgehead atoms. The van der Waals surface area contributed by atoms with Crippen LogP contribution in [0.5, 0.6) is 0 Å². The fourth-order valence-corrected chi connectivity index (χ4v) is 8.03. The quantitative estimate of drug-likeness (QED) is 0.180. The molecular weight excluding hydrogens is 710 g/mol. The second-order valence-electron chi connectivity index (χ2n) is 12.8. The minimum absolute atomic E-state index is 0.121. The molecule has 50 heavy (non-hydrogen) atoms. The van der Waals surface area contributed by atoms with Crippen molar-refractivity contribution >= 4 is 80.0 Å². The average molecular weight is 743 g/mol. The highest BCUT2D eigenvalue weighted by atomic mass is 35.5. The standard InChI is InChI=1S/C40H32Cl4N4O2/c1-21-19-48(40(50)36-24(4)38(28-16-14-26(42)18-32(28)44)46-34-12-8-6-10-30(34)36)22(2)20-47(21)39(49)35-23(3)37(27-15-13-25(41)17-31(27)43)45-33-11-7-5-9-29(33)35/h5-18,21-22H,19-20H2,1-4H3. The van der Waals surface area contributed by atoms with Gasteiger partial charge in [-0.25, -0.2) is 9.97 Å². The first-order chi connectivity index (χ1) is 23.9. The van der Waals surface area contributed by atoms with E-state index in [-0.39, 0.29) is 23.9 Å². The Labute approximate surface area is 310 Å². The normalized spacial score (nSPS) is 16.3. The van der Waals surface area contributed by atoms with Crippen LogP contribution in [0.15, 0.2) is 84.9 Å². The van der Waals surface area contributed by atoms with E-state index in [4.69, 9.17) is 56.4 Å². The summed E-state index contributed by atoms with van der Waals surface area (Å²) in [5.41, 5.74) is 6.61. The highest BCUT2D eigenvalue weighted by molar-refractivity contribution is 6.37. The number of benzene rings is 4. The number of pyridine rings is 2. The zero-order valence-electron chi connectivity index (χ0n) is 27.8. The largest absolute Gasteiger partial charge is 0.332 e. The maximum atomic E-state index is 14.7. The van der Waals surface area contributed by atoms with E-state index in [1.54, 1.807) is 24.3 Å². The molecule has 10 heteroatoms. The van der Waals surface area contributed by atoms with Crippen molar-refractivity contribution < 1.29 is 9.59 Å². The number of carbonyl (C=O) groups excluding carboxylic acids is 2. The second kappa shape index (κ2) is 13.5. The van der Waals surface area contributed by atoms with Gasteiger partial charge in [0.05, 0.1) is 43.6 Å². The number of piperazine rings is 1. The van der Waals surface area contributed by atoms with E-state index in [0.717, 1.165) is 21.9 Å². The molecule has 0 saturated carbocycles. The van der Waals surface area contributed by atoms with Gasteiger partial charge in [-0.1, -0.05) is 82.8 Å².